The Labute approximate surface area is 162 Å². The second kappa shape index (κ2) is 6.64. The number of anilines is 1. The number of thiophene rings is 1. The first kappa shape index (κ1) is 16.2. The summed E-state index contributed by atoms with van der Waals surface area (Å²) in [6.45, 7) is 2.55. The molecule has 1 N–H and O–H groups in total. The number of nitrogens with one attached hydrogen (secondary N) is 1. The predicted molar refractivity (Wildman–Crippen MR) is 104 cm³/mol. The molecule has 6 nitrogen and oxygen atoms in total. The van der Waals surface area contributed by atoms with Crippen LogP contribution in [0.3, 0.4) is 0 Å². The van der Waals surface area contributed by atoms with Crippen LogP contribution in [0.1, 0.15) is 28.4 Å². The first-order chi connectivity index (χ1) is 12.8. The molecule has 0 radical (unpaired) electrons. The van der Waals surface area contributed by atoms with Crippen LogP contribution in [0.2, 0.25) is 0 Å². The molecular weight excluding hydrogens is 386 g/mol. The van der Waals surface area contributed by atoms with E-state index in [1.807, 2.05) is 30.4 Å². The summed E-state index contributed by atoms with van der Waals surface area (Å²) in [5, 5.41) is 14.8. The van der Waals surface area contributed by atoms with Crippen LogP contribution in [0, 0.1) is 6.92 Å². The summed E-state index contributed by atoms with van der Waals surface area (Å²) in [5.74, 6) is 1.68. The molecule has 0 amide bonds. The molecule has 0 atom stereocenters. The lowest BCUT2D eigenvalue weighted by atomic mass is 10.2. The lowest BCUT2D eigenvalue weighted by Crippen LogP contribution is -1.96. The van der Waals surface area contributed by atoms with Crippen molar-refractivity contribution in [2.75, 3.05) is 5.32 Å². The van der Waals surface area contributed by atoms with Gasteiger partial charge in [0.1, 0.15) is 21.4 Å². The van der Waals surface area contributed by atoms with Gasteiger partial charge in [0.25, 0.3) is 0 Å². The lowest BCUT2D eigenvalue weighted by Gasteiger charge is -2.03. The minimum Gasteiger partial charge on any atom is -0.467 e. The summed E-state index contributed by atoms with van der Waals surface area (Å²) in [6.07, 6.45) is 5.19. The quantitative estimate of drug-likeness (QED) is 0.486. The van der Waals surface area contributed by atoms with Gasteiger partial charge in [-0.2, -0.15) is 0 Å². The van der Waals surface area contributed by atoms with Crippen LogP contribution in [-0.2, 0) is 19.4 Å². The fraction of sp³-hybridized carbons (Fsp3) is 0.294. The van der Waals surface area contributed by atoms with Crippen LogP contribution in [0.15, 0.2) is 32.2 Å². The normalized spacial score (nSPS) is 13.4. The monoisotopic (exact) mass is 401 g/mol. The third-order valence-corrected chi connectivity index (χ3v) is 7.33. The summed E-state index contributed by atoms with van der Waals surface area (Å²) in [5.41, 5.74) is 1.44. The average Bonchev–Trinajstić information content (AvgIpc) is 3.37. The van der Waals surface area contributed by atoms with E-state index in [2.05, 4.69) is 20.5 Å². The molecule has 5 rings (SSSR count). The van der Waals surface area contributed by atoms with Gasteiger partial charge >= 0.3 is 0 Å². The SMILES string of the molecule is Cc1nc(Sc2nnc(NCc3ccco3)s2)c2c3c(sc2n1)CCC3. The van der Waals surface area contributed by atoms with Crippen LogP contribution in [0.25, 0.3) is 10.2 Å². The Kier molecular flexibility index (Phi) is 4.14. The summed E-state index contributed by atoms with van der Waals surface area (Å²) < 4.78 is 6.20. The van der Waals surface area contributed by atoms with E-state index in [4.69, 9.17) is 9.40 Å². The van der Waals surface area contributed by atoms with Crippen molar-refractivity contribution in [2.24, 2.45) is 0 Å². The van der Waals surface area contributed by atoms with Gasteiger partial charge in [-0.3, -0.25) is 0 Å². The van der Waals surface area contributed by atoms with Crippen LogP contribution in [0.5, 0.6) is 0 Å². The highest BCUT2D eigenvalue weighted by atomic mass is 32.2. The summed E-state index contributed by atoms with van der Waals surface area (Å²) in [6, 6.07) is 3.81. The van der Waals surface area contributed by atoms with Crippen LogP contribution >= 0.6 is 34.4 Å². The van der Waals surface area contributed by atoms with E-state index in [1.165, 1.54) is 40.0 Å². The highest BCUT2D eigenvalue weighted by molar-refractivity contribution is 8.01. The summed E-state index contributed by atoms with van der Waals surface area (Å²) in [4.78, 5) is 11.9. The molecule has 1 aliphatic carbocycles. The van der Waals surface area contributed by atoms with Crippen molar-refractivity contribution in [3.05, 3.63) is 40.4 Å². The number of fused-ring (bicyclic) bond motifs is 3. The van der Waals surface area contributed by atoms with Crippen molar-refractivity contribution >= 4 is 49.8 Å². The first-order valence-electron chi connectivity index (χ1n) is 8.33. The van der Waals surface area contributed by atoms with E-state index >= 15 is 0 Å². The maximum absolute atomic E-state index is 5.33. The largest absolute Gasteiger partial charge is 0.467 e. The standard InChI is InChI=1S/C17H15N5OS3/c1-9-19-14-13(11-5-2-6-12(11)24-14)15(20-9)25-17-22-21-16(26-17)18-8-10-4-3-7-23-10/h3-4,7H,2,5-6,8H2,1H3,(H,18,21). The van der Waals surface area contributed by atoms with Crippen molar-refractivity contribution in [1.29, 1.82) is 0 Å². The first-order valence-corrected chi connectivity index (χ1v) is 10.8. The Morgan fingerprint density at radius 3 is 3.08 bits per heavy atom. The third kappa shape index (κ3) is 3.00. The molecule has 0 aliphatic heterocycles. The zero-order valence-corrected chi connectivity index (χ0v) is 16.4. The van der Waals surface area contributed by atoms with Crippen molar-refractivity contribution in [3.63, 3.8) is 0 Å². The van der Waals surface area contributed by atoms with Crippen molar-refractivity contribution in [2.45, 2.75) is 42.1 Å². The minimum atomic E-state index is 0.598. The number of hydrogen-bond acceptors (Lipinski definition) is 9. The maximum atomic E-state index is 5.33. The molecule has 0 spiro atoms. The highest BCUT2D eigenvalue weighted by Crippen LogP contribution is 2.42. The topological polar surface area (TPSA) is 76.7 Å². The maximum Gasteiger partial charge on any atom is 0.206 e. The fourth-order valence-corrected chi connectivity index (χ4v) is 6.35. The van der Waals surface area contributed by atoms with Gasteiger partial charge in [0.15, 0.2) is 4.34 Å². The van der Waals surface area contributed by atoms with E-state index in [-0.39, 0.29) is 0 Å². The molecular formula is C17H15N5OS3. The zero-order chi connectivity index (χ0) is 17.5. The number of hydrogen-bond donors (Lipinski definition) is 1. The van der Waals surface area contributed by atoms with Crippen LogP contribution in [0.4, 0.5) is 5.13 Å². The van der Waals surface area contributed by atoms with Gasteiger partial charge in [-0.05, 0) is 55.6 Å². The molecule has 1 aliphatic rings. The highest BCUT2D eigenvalue weighted by Gasteiger charge is 2.23. The Bertz CT molecular complexity index is 1070. The molecule has 4 aromatic heterocycles. The summed E-state index contributed by atoms with van der Waals surface area (Å²) >= 11 is 4.93. The van der Waals surface area contributed by atoms with Gasteiger partial charge in [0.05, 0.1) is 12.8 Å². The Hall–Kier alpha value is -1.97. The lowest BCUT2D eigenvalue weighted by molar-refractivity contribution is 0.518. The van der Waals surface area contributed by atoms with Gasteiger partial charge in [-0.1, -0.05) is 11.3 Å². The van der Waals surface area contributed by atoms with E-state index in [0.717, 1.165) is 37.3 Å². The third-order valence-electron chi connectivity index (χ3n) is 4.23. The summed E-state index contributed by atoms with van der Waals surface area (Å²) in [7, 11) is 0. The number of furan rings is 1. The van der Waals surface area contributed by atoms with E-state index in [1.54, 1.807) is 18.0 Å². The smallest absolute Gasteiger partial charge is 0.206 e. The second-order valence-electron chi connectivity index (χ2n) is 6.02. The van der Waals surface area contributed by atoms with Crippen molar-refractivity contribution in [3.8, 4) is 0 Å². The number of aromatic nitrogens is 4. The Morgan fingerprint density at radius 1 is 1.23 bits per heavy atom. The van der Waals surface area contributed by atoms with Crippen LogP contribution < -0.4 is 5.32 Å². The molecule has 4 aromatic rings. The minimum absolute atomic E-state index is 0.598. The van der Waals surface area contributed by atoms with Crippen LogP contribution in [-0.4, -0.2) is 20.2 Å². The molecule has 9 heteroatoms. The zero-order valence-electron chi connectivity index (χ0n) is 14.0. The second-order valence-corrected chi connectivity index (χ2v) is 9.32. The molecule has 0 saturated heterocycles. The van der Waals surface area contributed by atoms with E-state index in [9.17, 15) is 0 Å². The number of nitrogens with zero attached hydrogens (tertiary/aromatic N) is 4. The molecule has 0 fully saturated rings. The van der Waals surface area contributed by atoms with Gasteiger partial charge in [0, 0.05) is 10.3 Å². The molecule has 4 heterocycles. The predicted octanol–water partition coefficient (Wildman–Crippen LogP) is 4.70. The van der Waals surface area contributed by atoms with Crippen molar-refractivity contribution in [1.82, 2.24) is 20.2 Å². The van der Waals surface area contributed by atoms with Crippen molar-refractivity contribution < 1.29 is 4.42 Å². The number of aryl methyl sites for hydroxylation is 3. The van der Waals surface area contributed by atoms with Gasteiger partial charge in [-0.25, -0.2) is 9.97 Å². The van der Waals surface area contributed by atoms with Gasteiger partial charge in [-0.15, -0.1) is 21.5 Å². The molecule has 0 saturated carbocycles. The Balaban J connectivity index is 1.41. The van der Waals surface area contributed by atoms with E-state index < -0.39 is 0 Å². The fourth-order valence-electron chi connectivity index (χ4n) is 3.12. The molecule has 0 aromatic carbocycles. The molecule has 132 valence electrons. The van der Waals surface area contributed by atoms with Gasteiger partial charge in [0.2, 0.25) is 5.13 Å². The number of rotatable bonds is 5. The molecule has 0 bridgehead atoms. The Morgan fingerprint density at radius 2 is 2.19 bits per heavy atom. The van der Waals surface area contributed by atoms with E-state index in [0.29, 0.717) is 6.54 Å². The molecule has 26 heavy (non-hydrogen) atoms. The van der Waals surface area contributed by atoms with Gasteiger partial charge < -0.3 is 9.73 Å². The average molecular weight is 402 g/mol. The molecule has 0 unspecified atom stereocenters.